The molecule has 0 radical (unpaired) electrons. The van der Waals surface area contributed by atoms with E-state index in [2.05, 4.69) is 28.2 Å². The first-order valence-corrected chi connectivity index (χ1v) is 9.94. The van der Waals surface area contributed by atoms with Crippen LogP contribution in [0.3, 0.4) is 0 Å². The topological polar surface area (TPSA) is 52.7 Å². The van der Waals surface area contributed by atoms with Crippen LogP contribution in [0, 0.1) is 0 Å². The second-order valence-corrected chi connectivity index (χ2v) is 7.31. The molecule has 1 heterocycles. The number of nitrogens with zero attached hydrogens (tertiary/aromatic N) is 2. The van der Waals surface area contributed by atoms with Crippen molar-refractivity contribution >= 4 is 27.7 Å². The van der Waals surface area contributed by atoms with Gasteiger partial charge >= 0.3 is 0 Å². The number of nitrogens with one attached hydrogen (secondary N) is 1. The highest BCUT2D eigenvalue weighted by molar-refractivity contribution is 9.10. The Morgan fingerprint density at radius 2 is 1.96 bits per heavy atom. The van der Waals surface area contributed by atoms with Gasteiger partial charge in [0.2, 0.25) is 5.91 Å². The molecule has 1 aliphatic rings. The Morgan fingerprint density at radius 3 is 2.64 bits per heavy atom. The molecule has 0 aromatic heterocycles. The van der Waals surface area contributed by atoms with Crippen LogP contribution in [0.1, 0.15) is 43.0 Å². The summed E-state index contributed by atoms with van der Waals surface area (Å²) in [5.41, 5.74) is 0.667. The van der Waals surface area contributed by atoms with Crippen LogP contribution in [-0.2, 0) is 4.79 Å². The van der Waals surface area contributed by atoms with E-state index in [0.717, 1.165) is 49.9 Å². The van der Waals surface area contributed by atoms with Gasteiger partial charge in [0.15, 0.2) is 0 Å². The number of unbranched alkanes of at least 4 members (excludes halogenated alkanes) is 2. The summed E-state index contributed by atoms with van der Waals surface area (Å²) in [5, 5.41) is 3.25. The number of carbonyl (C=O) groups excluding carboxylic acids is 2. The van der Waals surface area contributed by atoms with E-state index in [-0.39, 0.29) is 11.8 Å². The van der Waals surface area contributed by atoms with E-state index in [1.54, 1.807) is 0 Å². The smallest absolute Gasteiger partial charge is 0.253 e. The van der Waals surface area contributed by atoms with Crippen LogP contribution in [0.2, 0.25) is 0 Å². The fraction of sp³-hybridized carbons (Fsp3) is 0.579. The Hall–Kier alpha value is -1.40. The van der Waals surface area contributed by atoms with Crippen molar-refractivity contribution in [1.29, 1.82) is 0 Å². The van der Waals surface area contributed by atoms with Gasteiger partial charge in [-0.15, -0.1) is 0 Å². The Labute approximate surface area is 158 Å². The molecular weight excluding hydrogens is 382 g/mol. The molecular formula is C19H28BrN3O2. The van der Waals surface area contributed by atoms with Crippen molar-refractivity contribution in [1.82, 2.24) is 15.1 Å². The number of benzene rings is 1. The minimum Gasteiger partial charge on any atom is -0.340 e. The first-order valence-electron chi connectivity index (χ1n) is 9.15. The molecule has 1 saturated heterocycles. The first-order chi connectivity index (χ1) is 12.1. The van der Waals surface area contributed by atoms with E-state index < -0.39 is 0 Å². The zero-order valence-corrected chi connectivity index (χ0v) is 16.6. The van der Waals surface area contributed by atoms with Crippen molar-refractivity contribution in [3.05, 3.63) is 34.3 Å². The average molecular weight is 410 g/mol. The van der Waals surface area contributed by atoms with Gasteiger partial charge in [0.25, 0.3) is 5.91 Å². The van der Waals surface area contributed by atoms with E-state index in [4.69, 9.17) is 0 Å². The van der Waals surface area contributed by atoms with Crippen molar-refractivity contribution in [3.8, 4) is 0 Å². The number of hydrogen-bond donors (Lipinski definition) is 1. The third kappa shape index (κ3) is 6.44. The fourth-order valence-corrected chi connectivity index (χ4v) is 3.37. The largest absolute Gasteiger partial charge is 0.340 e. The van der Waals surface area contributed by atoms with Crippen LogP contribution >= 0.6 is 15.9 Å². The van der Waals surface area contributed by atoms with Gasteiger partial charge in [0.05, 0.1) is 0 Å². The number of piperazine rings is 1. The molecule has 6 heteroatoms. The molecule has 1 aromatic carbocycles. The van der Waals surface area contributed by atoms with Gasteiger partial charge in [-0.2, -0.15) is 0 Å². The first kappa shape index (κ1) is 19.9. The molecule has 1 fully saturated rings. The molecule has 0 bridgehead atoms. The standard InChI is InChI=1S/C19H28BrN3O2/c1-2-3-4-11-23(19(25)16-6-5-7-17(20)15-16)12-8-18(24)22-13-9-21-10-14-22/h5-7,15,21H,2-4,8-14H2,1H3. The summed E-state index contributed by atoms with van der Waals surface area (Å²) < 4.78 is 0.892. The highest BCUT2D eigenvalue weighted by atomic mass is 79.9. The van der Waals surface area contributed by atoms with Gasteiger partial charge in [0.1, 0.15) is 0 Å². The SMILES string of the molecule is CCCCCN(CCC(=O)N1CCNCC1)C(=O)c1cccc(Br)c1. The Balaban J connectivity index is 1.96. The third-order valence-corrected chi connectivity index (χ3v) is 4.95. The number of halogens is 1. The van der Waals surface area contributed by atoms with Gasteiger partial charge in [-0.25, -0.2) is 0 Å². The minimum atomic E-state index is 0.00511. The molecule has 0 spiro atoms. The van der Waals surface area contributed by atoms with Gasteiger partial charge in [-0.05, 0) is 24.6 Å². The van der Waals surface area contributed by atoms with Crippen molar-refractivity contribution in [2.24, 2.45) is 0 Å². The molecule has 1 aliphatic heterocycles. The lowest BCUT2D eigenvalue weighted by Crippen LogP contribution is -2.47. The maximum absolute atomic E-state index is 12.9. The predicted molar refractivity (Wildman–Crippen MR) is 104 cm³/mol. The molecule has 2 rings (SSSR count). The van der Waals surface area contributed by atoms with Crippen molar-refractivity contribution < 1.29 is 9.59 Å². The fourth-order valence-electron chi connectivity index (χ4n) is 2.97. The number of carbonyl (C=O) groups is 2. The molecule has 0 unspecified atom stereocenters. The molecule has 5 nitrogen and oxygen atoms in total. The van der Waals surface area contributed by atoms with Gasteiger partial charge in [0, 0.05) is 55.7 Å². The van der Waals surface area contributed by atoms with E-state index >= 15 is 0 Å². The molecule has 0 saturated carbocycles. The Morgan fingerprint density at radius 1 is 1.20 bits per heavy atom. The second kappa shape index (κ2) is 10.6. The van der Waals surface area contributed by atoms with Crippen LogP contribution in [0.4, 0.5) is 0 Å². The lowest BCUT2D eigenvalue weighted by molar-refractivity contribution is -0.131. The lowest BCUT2D eigenvalue weighted by Gasteiger charge is -2.29. The van der Waals surface area contributed by atoms with Crippen molar-refractivity contribution in [2.45, 2.75) is 32.6 Å². The molecule has 0 atom stereocenters. The second-order valence-electron chi connectivity index (χ2n) is 6.39. The monoisotopic (exact) mass is 409 g/mol. The number of hydrogen-bond acceptors (Lipinski definition) is 3. The zero-order chi connectivity index (χ0) is 18.1. The predicted octanol–water partition coefficient (Wildman–Crippen LogP) is 2.90. The van der Waals surface area contributed by atoms with Crippen LogP contribution in [0.15, 0.2) is 28.7 Å². The molecule has 25 heavy (non-hydrogen) atoms. The Kier molecular flexibility index (Phi) is 8.41. The quantitative estimate of drug-likeness (QED) is 0.671. The highest BCUT2D eigenvalue weighted by Gasteiger charge is 2.20. The van der Waals surface area contributed by atoms with Gasteiger partial charge in [-0.3, -0.25) is 9.59 Å². The van der Waals surface area contributed by atoms with Crippen LogP contribution in [0.5, 0.6) is 0 Å². The van der Waals surface area contributed by atoms with E-state index in [0.29, 0.717) is 25.1 Å². The molecule has 2 amide bonds. The van der Waals surface area contributed by atoms with Crippen molar-refractivity contribution in [2.75, 3.05) is 39.3 Å². The number of rotatable bonds is 8. The van der Waals surface area contributed by atoms with Gasteiger partial charge < -0.3 is 15.1 Å². The Bertz CT molecular complexity index is 574. The summed E-state index contributed by atoms with van der Waals surface area (Å²) in [4.78, 5) is 29.0. The molecule has 1 aromatic rings. The zero-order valence-electron chi connectivity index (χ0n) is 15.0. The van der Waals surface area contributed by atoms with E-state index in [1.165, 1.54) is 0 Å². The highest BCUT2D eigenvalue weighted by Crippen LogP contribution is 2.15. The maximum atomic E-state index is 12.9. The van der Waals surface area contributed by atoms with Gasteiger partial charge in [-0.1, -0.05) is 41.8 Å². The maximum Gasteiger partial charge on any atom is 0.253 e. The van der Waals surface area contributed by atoms with Crippen LogP contribution < -0.4 is 5.32 Å². The van der Waals surface area contributed by atoms with E-state index in [1.807, 2.05) is 34.1 Å². The summed E-state index contributed by atoms with van der Waals surface area (Å²) in [5.74, 6) is 0.148. The average Bonchev–Trinajstić information content (AvgIpc) is 2.64. The normalized spacial score (nSPS) is 14.4. The summed E-state index contributed by atoms with van der Waals surface area (Å²) in [6.45, 7) is 6.55. The molecule has 0 aliphatic carbocycles. The molecule has 138 valence electrons. The third-order valence-electron chi connectivity index (χ3n) is 4.46. The lowest BCUT2D eigenvalue weighted by atomic mass is 10.1. The summed E-state index contributed by atoms with van der Waals surface area (Å²) in [7, 11) is 0. The van der Waals surface area contributed by atoms with Crippen molar-refractivity contribution in [3.63, 3.8) is 0 Å². The van der Waals surface area contributed by atoms with Crippen LogP contribution in [0.25, 0.3) is 0 Å². The summed E-state index contributed by atoms with van der Waals surface area (Å²) in [6, 6.07) is 7.45. The summed E-state index contributed by atoms with van der Waals surface area (Å²) in [6.07, 6.45) is 3.57. The minimum absolute atomic E-state index is 0.00511. The van der Waals surface area contributed by atoms with E-state index in [9.17, 15) is 9.59 Å². The molecule has 1 N–H and O–H groups in total. The number of amides is 2. The van der Waals surface area contributed by atoms with Crippen LogP contribution in [-0.4, -0.2) is 60.9 Å². The summed E-state index contributed by atoms with van der Waals surface area (Å²) >= 11 is 3.42.